The van der Waals surface area contributed by atoms with Gasteiger partial charge in [-0.3, -0.25) is 4.90 Å². The van der Waals surface area contributed by atoms with Crippen LogP contribution in [-0.4, -0.2) is 22.6 Å². The Hall–Kier alpha value is -1.02. The van der Waals surface area contributed by atoms with Crippen molar-refractivity contribution in [3.63, 3.8) is 0 Å². The molecule has 2 rings (SSSR count). The zero-order valence-electron chi connectivity index (χ0n) is 10.2. The van der Waals surface area contributed by atoms with Gasteiger partial charge in [0.15, 0.2) is 0 Å². The van der Waals surface area contributed by atoms with E-state index in [2.05, 4.69) is 18.7 Å². The van der Waals surface area contributed by atoms with Crippen LogP contribution >= 0.6 is 0 Å². The van der Waals surface area contributed by atoms with Crippen molar-refractivity contribution in [2.24, 2.45) is 5.92 Å². The van der Waals surface area contributed by atoms with Gasteiger partial charge in [-0.15, -0.1) is 0 Å². The van der Waals surface area contributed by atoms with E-state index in [4.69, 9.17) is 0 Å². The summed E-state index contributed by atoms with van der Waals surface area (Å²) in [6, 6.07) is 8.27. The highest BCUT2D eigenvalue weighted by Crippen LogP contribution is 2.26. The molecule has 1 aromatic rings. The van der Waals surface area contributed by atoms with Crippen LogP contribution in [0.5, 0.6) is 5.75 Å². The molecule has 1 heterocycles. The van der Waals surface area contributed by atoms with Crippen molar-refractivity contribution in [2.45, 2.75) is 39.3 Å². The van der Waals surface area contributed by atoms with E-state index in [-0.39, 0.29) is 0 Å². The first-order valence-corrected chi connectivity index (χ1v) is 6.19. The lowest BCUT2D eigenvalue weighted by molar-refractivity contribution is 0.105. The Bertz CT molecular complexity index is 350. The largest absolute Gasteiger partial charge is 0.508 e. The number of piperidine rings is 1. The van der Waals surface area contributed by atoms with E-state index in [1.165, 1.54) is 12.8 Å². The molecule has 0 bridgehead atoms. The van der Waals surface area contributed by atoms with Gasteiger partial charge < -0.3 is 5.11 Å². The van der Waals surface area contributed by atoms with Crippen molar-refractivity contribution in [3.8, 4) is 5.75 Å². The Balaban J connectivity index is 2.06. The molecule has 1 aliphatic heterocycles. The van der Waals surface area contributed by atoms with Gasteiger partial charge in [0.2, 0.25) is 0 Å². The Morgan fingerprint density at radius 2 is 2.06 bits per heavy atom. The summed E-state index contributed by atoms with van der Waals surface area (Å²) in [7, 11) is 0. The molecule has 2 unspecified atom stereocenters. The molecule has 0 saturated carbocycles. The molecule has 1 aromatic carbocycles. The van der Waals surface area contributed by atoms with Gasteiger partial charge in [-0.05, 0) is 38.3 Å². The molecular formula is C14H21NO. The molecule has 2 atom stereocenters. The number of hydrogen-bond acceptors (Lipinski definition) is 2. The van der Waals surface area contributed by atoms with E-state index in [0.717, 1.165) is 24.6 Å². The summed E-state index contributed by atoms with van der Waals surface area (Å²) in [6.45, 7) is 6.64. The molecular weight excluding hydrogens is 198 g/mol. The third-order valence-electron chi connectivity index (χ3n) is 3.87. The molecule has 88 valence electrons. The van der Waals surface area contributed by atoms with Crippen LogP contribution in [0.2, 0.25) is 0 Å². The number of aromatic hydroxyl groups is 1. The topological polar surface area (TPSA) is 23.5 Å². The summed E-state index contributed by atoms with van der Waals surface area (Å²) in [6.07, 6.45) is 2.61. The Morgan fingerprint density at radius 1 is 1.31 bits per heavy atom. The molecule has 0 radical (unpaired) electrons. The first-order valence-electron chi connectivity index (χ1n) is 6.19. The fraction of sp³-hybridized carbons (Fsp3) is 0.571. The third-order valence-corrected chi connectivity index (χ3v) is 3.87. The minimum absolute atomic E-state index is 0.424. The molecule has 16 heavy (non-hydrogen) atoms. The number of hydrogen-bond donors (Lipinski definition) is 1. The lowest BCUT2D eigenvalue weighted by atomic mass is 9.91. The van der Waals surface area contributed by atoms with Crippen LogP contribution in [0.25, 0.3) is 0 Å². The Kier molecular flexibility index (Phi) is 3.49. The van der Waals surface area contributed by atoms with Crippen molar-refractivity contribution < 1.29 is 5.11 Å². The first kappa shape index (κ1) is 11.5. The number of likely N-dealkylation sites (tertiary alicyclic amines) is 1. The van der Waals surface area contributed by atoms with E-state index < -0.39 is 0 Å². The predicted molar refractivity (Wildman–Crippen MR) is 66.4 cm³/mol. The average Bonchev–Trinajstić information content (AvgIpc) is 2.28. The summed E-state index contributed by atoms with van der Waals surface area (Å²) in [5, 5.41) is 9.77. The van der Waals surface area contributed by atoms with Crippen LogP contribution in [0.3, 0.4) is 0 Å². The Morgan fingerprint density at radius 3 is 2.81 bits per heavy atom. The third kappa shape index (κ3) is 2.38. The number of phenolic OH excluding ortho intramolecular Hbond substituents is 1. The highest BCUT2D eigenvalue weighted by Gasteiger charge is 2.24. The minimum atomic E-state index is 0.424. The fourth-order valence-corrected chi connectivity index (χ4v) is 2.51. The van der Waals surface area contributed by atoms with Gasteiger partial charge in [0.25, 0.3) is 0 Å². The average molecular weight is 219 g/mol. The predicted octanol–water partition coefficient (Wildman–Crippen LogP) is 3.01. The number of benzene rings is 1. The van der Waals surface area contributed by atoms with E-state index in [1.807, 2.05) is 18.2 Å². The van der Waals surface area contributed by atoms with Gasteiger partial charge in [0.05, 0.1) is 0 Å². The Labute approximate surface area is 97.9 Å². The zero-order chi connectivity index (χ0) is 11.5. The molecule has 0 aliphatic carbocycles. The molecule has 0 spiro atoms. The number of phenols is 1. The second-order valence-corrected chi connectivity index (χ2v) is 4.96. The molecule has 2 heteroatoms. The quantitative estimate of drug-likeness (QED) is 0.826. The van der Waals surface area contributed by atoms with Crippen molar-refractivity contribution >= 4 is 0 Å². The number of rotatable bonds is 2. The molecule has 1 fully saturated rings. The maximum Gasteiger partial charge on any atom is 0.120 e. The molecule has 0 aromatic heterocycles. The first-order chi connectivity index (χ1) is 7.68. The monoisotopic (exact) mass is 219 g/mol. The van der Waals surface area contributed by atoms with E-state index >= 15 is 0 Å². The summed E-state index contributed by atoms with van der Waals surface area (Å²) in [5.41, 5.74) is 1.04. The van der Waals surface area contributed by atoms with Crippen molar-refractivity contribution in [1.29, 1.82) is 0 Å². The molecule has 1 N–H and O–H groups in total. The maximum absolute atomic E-state index is 9.77. The molecule has 1 saturated heterocycles. The second kappa shape index (κ2) is 4.88. The van der Waals surface area contributed by atoms with Crippen LogP contribution < -0.4 is 0 Å². The highest BCUT2D eigenvalue weighted by atomic mass is 16.3. The van der Waals surface area contributed by atoms with Gasteiger partial charge in [-0.25, -0.2) is 0 Å². The van der Waals surface area contributed by atoms with Gasteiger partial charge in [-0.1, -0.05) is 25.1 Å². The summed E-state index contributed by atoms with van der Waals surface area (Å²) < 4.78 is 0. The van der Waals surface area contributed by atoms with Crippen molar-refractivity contribution in [2.75, 3.05) is 6.54 Å². The van der Waals surface area contributed by atoms with Gasteiger partial charge >= 0.3 is 0 Å². The smallest absolute Gasteiger partial charge is 0.120 e. The summed E-state index contributed by atoms with van der Waals surface area (Å²) in [5.74, 6) is 1.19. The van der Waals surface area contributed by atoms with Crippen molar-refractivity contribution in [3.05, 3.63) is 29.8 Å². The van der Waals surface area contributed by atoms with E-state index in [0.29, 0.717) is 11.8 Å². The highest BCUT2D eigenvalue weighted by molar-refractivity contribution is 5.31. The summed E-state index contributed by atoms with van der Waals surface area (Å²) in [4.78, 5) is 2.48. The van der Waals surface area contributed by atoms with E-state index in [9.17, 15) is 5.11 Å². The van der Waals surface area contributed by atoms with Crippen LogP contribution in [0.15, 0.2) is 24.3 Å². The van der Waals surface area contributed by atoms with Crippen LogP contribution in [0.1, 0.15) is 32.3 Å². The normalized spacial score (nSPS) is 26.9. The van der Waals surface area contributed by atoms with Gasteiger partial charge in [0, 0.05) is 18.2 Å². The van der Waals surface area contributed by atoms with Crippen LogP contribution in [0.4, 0.5) is 0 Å². The van der Waals surface area contributed by atoms with Crippen molar-refractivity contribution in [1.82, 2.24) is 4.90 Å². The number of nitrogens with zero attached hydrogens (tertiary/aromatic N) is 1. The number of para-hydroxylation sites is 1. The zero-order valence-corrected chi connectivity index (χ0v) is 10.2. The van der Waals surface area contributed by atoms with Crippen LogP contribution in [0, 0.1) is 5.92 Å². The summed E-state index contributed by atoms with van der Waals surface area (Å²) >= 11 is 0. The van der Waals surface area contributed by atoms with Gasteiger partial charge in [0.1, 0.15) is 5.75 Å². The SMILES string of the molecule is CC1CCCN(Cc2ccccc2O)C1C. The lowest BCUT2D eigenvalue weighted by Gasteiger charge is -2.38. The molecule has 1 aliphatic rings. The molecule has 2 nitrogen and oxygen atoms in total. The van der Waals surface area contributed by atoms with Gasteiger partial charge in [-0.2, -0.15) is 0 Å². The van der Waals surface area contributed by atoms with E-state index in [1.54, 1.807) is 6.07 Å². The standard InChI is InChI=1S/C14H21NO/c1-11-6-5-9-15(12(11)2)10-13-7-3-4-8-14(13)16/h3-4,7-8,11-12,16H,5-6,9-10H2,1-2H3. The lowest BCUT2D eigenvalue weighted by Crippen LogP contribution is -2.41. The molecule has 0 amide bonds. The fourth-order valence-electron chi connectivity index (χ4n) is 2.51. The second-order valence-electron chi connectivity index (χ2n) is 4.96. The maximum atomic E-state index is 9.77. The minimum Gasteiger partial charge on any atom is -0.508 e. The van der Waals surface area contributed by atoms with Crippen LogP contribution in [-0.2, 0) is 6.54 Å².